The summed E-state index contributed by atoms with van der Waals surface area (Å²) in [6.45, 7) is 5.37. The first-order chi connectivity index (χ1) is 9.72. The van der Waals surface area contributed by atoms with E-state index < -0.39 is 0 Å². The number of benzene rings is 1. The van der Waals surface area contributed by atoms with Gasteiger partial charge in [0.15, 0.2) is 0 Å². The molecule has 4 heteroatoms. The predicted octanol–water partition coefficient (Wildman–Crippen LogP) is 3.41. The zero-order valence-corrected chi connectivity index (χ0v) is 12.1. The Balaban J connectivity index is 1.96. The van der Waals surface area contributed by atoms with Crippen molar-refractivity contribution in [1.29, 1.82) is 0 Å². The molecule has 0 saturated heterocycles. The first-order valence-corrected chi connectivity index (χ1v) is 6.69. The molecule has 0 spiro atoms. The highest BCUT2D eigenvalue weighted by Crippen LogP contribution is 2.19. The summed E-state index contributed by atoms with van der Waals surface area (Å²) >= 11 is 0. The molecule has 1 heterocycles. The number of aryl methyl sites for hydroxylation is 1. The number of aromatic nitrogens is 1. The molecular formula is C16H20N2O2. The summed E-state index contributed by atoms with van der Waals surface area (Å²) in [6, 6.07) is 10.00. The lowest BCUT2D eigenvalue weighted by molar-refractivity contribution is 0.327. The molecule has 0 saturated carbocycles. The second-order valence-electron chi connectivity index (χ2n) is 4.48. The van der Waals surface area contributed by atoms with Crippen LogP contribution in [0.5, 0.6) is 11.6 Å². The fourth-order valence-corrected chi connectivity index (χ4v) is 1.97. The standard InChI is InChI=1S/C16H20N2O2/c1-4-20-16-8-6-14(11-18-16)17-10-13-5-7-15(19-3)12(2)9-13/h5-9,11,17H,4,10H2,1-3H3. The summed E-state index contributed by atoms with van der Waals surface area (Å²) < 4.78 is 10.6. The van der Waals surface area contributed by atoms with Gasteiger partial charge >= 0.3 is 0 Å². The highest BCUT2D eigenvalue weighted by atomic mass is 16.5. The molecule has 1 aromatic heterocycles. The Morgan fingerprint density at radius 2 is 2.05 bits per heavy atom. The quantitative estimate of drug-likeness (QED) is 0.875. The van der Waals surface area contributed by atoms with Crippen LogP contribution in [0.3, 0.4) is 0 Å². The van der Waals surface area contributed by atoms with Crippen LogP contribution in [-0.4, -0.2) is 18.7 Å². The van der Waals surface area contributed by atoms with Gasteiger partial charge in [0.05, 0.1) is 25.6 Å². The summed E-state index contributed by atoms with van der Waals surface area (Å²) in [5.41, 5.74) is 3.32. The number of ether oxygens (including phenoxy) is 2. The average Bonchev–Trinajstić information content (AvgIpc) is 2.47. The van der Waals surface area contributed by atoms with Gasteiger partial charge in [-0.2, -0.15) is 0 Å². The van der Waals surface area contributed by atoms with Crippen molar-refractivity contribution in [1.82, 2.24) is 4.98 Å². The Kier molecular flexibility index (Phi) is 4.82. The minimum atomic E-state index is 0.630. The molecule has 0 amide bonds. The summed E-state index contributed by atoms with van der Waals surface area (Å²) in [5, 5.41) is 3.34. The first-order valence-electron chi connectivity index (χ1n) is 6.69. The Hall–Kier alpha value is -2.23. The molecule has 0 atom stereocenters. The minimum Gasteiger partial charge on any atom is -0.496 e. The van der Waals surface area contributed by atoms with Crippen LogP contribution in [0.1, 0.15) is 18.1 Å². The number of pyridine rings is 1. The van der Waals surface area contributed by atoms with E-state index >= 15 is 0 Å². The fraction of sp³-hybridized carbons (Fsp3) is 0.312. The third-order valence-corrected chi connectivity index (χ3v) is 2.98. The Labute approximate surface area is 119 Å². The van der Waals surface area contributed by atoms with Crippen molar-refractivity contribution in [3.8, 4) is 11.6 Å². The molecule has 0 aliphatic heterocycles. The maximum absolute atomic E-state index is 5.31. The van der Waals surface area contributed by atoms with Gasteiger partial charge in [-0.3, -0.25) is 0 Å². The van der Waals surface area contributed by atoms with Crippen molar-refractivity contribution in [2.24, 2.45) is 0 Å². The van der Waals surface area contributed by atoms with Crippen molar-refractivity contribution in [3.63, 3.8) is 0 Å². The number of nitrogens with zero attached hydrogens (tertiary/aromatic N) is 1. The van der Waals surface area contributed by atoms with Gasteiger partial charge in [-0.15, -0.1) is 0 Å². The molecule has 20 heavy (non-hydrogen) atoms. The van der Waals surface area contributed by atoms with E-state index in [2.05, 4.69) is 22.4 Å². The van der Waals surface area contributed by atoms with Crippen LogP contribution >= 0.6 is 0 Å². The summed E-state index contributed by atoms with van der Waals surface area (Å²) in [5.74, 6) is 1.56. The normalized spacial score (nSPS) is 10.2. The van der Waals surface area contributed by atoms with E-state index in [1.807, 2.05) is 32.0 Å². The molecule has 0 unspecified atom stereocenters. The number of rotatable bonds is 6. The van der Waals surface area contributed by atoms with E-state index in [-0.39, 0.29) is 0 Å². The highest BCUT2D eigenvalue weighted by Gasteiger charge is 2.01. The van der Waals surface area contributed by atoms with Crippen LogP contribution in [0.15, 0.2) is 36.5 Å². The monoisotopic (exact) mass is 272 g/mol. The fourth-order valence-electron chi connectivity index (χ4n) is 1.97. The van der Waals surface area contributed by atoms with Crippen LogP contribution < -0.4 is 14.8 Å². The predicted molar refractivity (Wildman–Crippen MR) is 80.5 cm³/mol. The summed E-state index contributed by atoms with van der Waals surface area (Å²) in [7, 11) is 1.69. The van der Waals surface area contributed by atoms with Gasteiger partial charge in [0.1, 0.15) is 5.75 Å². The zero-order valence-electron chi connectivity index (χ0n) is 12.1. The minimum absolute atomic E-state index is 0.630. The Bertz CT molecular complexity index is 553. The van der Waals surface area contributed by atoms with Gasteiger partial charge in [0.2, 0.25) is 5.88 Å². The number of nitrogens with one attached hydrogen (secondary N) is 1. The first kappa shape index (κ1) is 14.2. The van der Waals surface area contributed by atoms with Crippen molar-refractivity contribution in [3.05, 3.63) is 47.7 Å². The number of anilines is 1. The van der Waals surface area contributed by atoms with Gasteiger partial charge in [0, 0.05) is 12.6 Å². The largest absolute Gasteiger partial charge is 0.496 e. The van der Waals surface area contributed by atoms with E-state index in [4.69, 9.17) is 9.47 Å². The van der Waals surface area contributed by atoms with Gasteiger partial charge in [-0.05, 0) is 37.1 Å². The Morgan fingerprint density at radius 1 is 1.20 bits per heavy atom. The lowest BCUT2D eigenvalue weighted by atomic mass is 10.1. The van der Waals surface area contributed by atoms with Crippen LogP contribution in [0, 0.1) is 6.92 Å². The molecule has 1 N–H and O–H groups in total. The molecule has 2 aromatic rings. The SMILES string of the molecule is CCOc1ccc(NCc2ccc(OC)c(C)c2)cn1. The summed E-state index contributed by atoms with van der Waals surface area (Å²) in [4.78, 5) is 4.22. The van der Waals surface area contributed by atoms with Gasteiger partial charge in [-0.25, -0.2) is 4.98 Å². The lowest BCUT2D eigenvalue weighted by Gasteiger charge is -2.10. The molecule has 0 bridgehead atoms. The molecule has 4 nitrogen and oxygen atoms in total. The number of methoxy groups -OCH3 is 1. The van der Waals surface area contributed by atoms with Crippen molar-refractivity contribution in [2.45, 2.75) is 20.4 Å². The second kappa shape index (κ2) is 6.80. The van der Waals surface area contributed by atoms with E-state index in [0.717, 1.165) is 23.5 Å². The van der Waals surface area contributed by atoms with Gasteiger partial charge in [0.25, 0.3) is 0 Å². The van der Waals surface area contributed by atoms with E-state index in [1.54, 1.807) is 13.3 Å². The number of hydrogen-bond acceptors (Lipinski definition) is 4. The van der Waals surface area contributed by atoms with Crippen LogP contribution in [-0.2, 0) is 6.54 Å². The van der Waals surface area contributed by atoms with Crippen LogP contribution in [0.4, 0.5) is 5.69 Å². The van der Waals surface area contributed by atoms with Gasteiger partial charge in [-0.1, -0.05) is 12.1 Å². The van der Waals surface area contributed by atoms with Crippen LogP contribution in [0.25, 0.3) is 0 Å². The van der Waals surface area contributed by atoms with E-state index in [1.165, 1.54) is 5.56 Å². The maximum atomic E-state index is 5.31. The zero-order chi connectivity index (χ0) is 14.4. The average molecular weight is 272 g/mol. The van der Waals surface area contributed by atoms with Gasteiger partial charge < -0.3 is 14.8 Å². The smallest absolute Gasteiger partial charge is 0.213 e. The third kappa shape index (κ3) is 3.63. The van der Waals surface area contributed by atoms with E-state index in [9.17, 15) is 0 Å². The molecule has 0 fully saturated rings. The maximum Gasteiger partial charge on any atom is 0.213 e. The van der Waals surface area contributed by atoms with Crippen molar-refractivity contribution < 1.29 is 9.47 Å². The number of hydrogen-bond donors (Lipinski definition) is 1. The molecule has 1 aromatic carbocycles. The highest BCUT2D eigenvalue weighted by molar-refractivity contribution is 5.44. The van der Waals surface area contributed by atoms with Crippen molar-refractivity contribution >= 4 is 5.69 Å². The Morgan fingerprint density at radius 3 is 2.65 bits per heavy atom. The van der Waals surface area contributed by atoms with E-state index in [0.29, 0.717) is 12.5 Å². The molecule has 2 rings (SSSR count). The topological polar surface area (TPSA) is 43.4 Å². The molecule has 0 aliphatic rings. The third-order valence-electron chi connectivity index (χ3n) is 2.98. The molecule has 106 valence electrons. The molecule has 0 aliphatic carbocycles. The summed E-state index contributed by atoms with van der Waals surface area (Å²) in [6.07, 6.45) is 1.78. The van der Waals surface area contributed by atoms with Crippen molar-refractivity contribution in [2.75, 3.05) is 19.0 Å². The lowest BCUT2D eigenvalue weighted by Crippen LogP contribution is -2.01. The molecule has 0 radical (unpaired) electrons. The second-order valence-corrected chi connectivity index (χ2v) is 4.48. The molecular weight excluding hydrogens is 252 g/mol. The van der Waals surface area contributed by atoms with Crippen LogP contribution in [0.2, 0.25) is 0 Å².